The van der Waals surface area contributed by atoms with Gasteiger partial charge in [-0.1, -0.05) is 6.07 Å². The molecule has 0 spiro atoms. The van der Waals surface area contributed by atoms with Crippen LogP contribution >= 0.6 is 0 Å². The Morgan fingerprint density at radius 2 is 2.00 bits per heavy atom. The first kappa shape index (κ1) is 18.4. The number of benzene rings is 1. The second-order valence-corrected chi connectivity index (χ2v) is 5.59. The molecule has 27 heavy (non-hydrogen) atoms. The van der Waals surface area contributed by atoms with E-state index < -0.39 is 23.7 Å². The highest BCUT2D eigenvalue weighted by atomic mass is 19.1. The molecule has 2 aromatic heterocycles. The number of carbonyl (C=O) groups excluding carboxylic acids is 1. The molecule has 0 atom stereocenters. The molecule has 0 bridgehead atoms. The van der Waals surface area contributed by atoms with Gasteiger partial charge in [-0.05, 0) is 37.6 Å². The van der Waals surface area contributed by atoms with Gasteiger partial charge in [0.2, 0.25) is 0 Å². The molecule has 1 N–H and O–H groups in total. The van der Waals surface area contributed by atoms with Crippen molar-refractivity contribution >= 4 is 11.8 Å². The number of ether oxygens (including phenoxy) is 3. The lowest BCUT2D eigenvalue weighted by Gasteiger charge is -2.10. The van der Waals surface area contributed by atoms with E-state index in [2.05, 4.69) is 9.72 Å². The fraction of sp³-hybridized carbons (Fsp3) is 0.222. The van der Waals surface area contributed by atoms with E-state index in [9.17, 15) is 18.7 Å². The third-order valence-corrected chi connectivity index (χ3v) is 3.64. The van der Waals surface area contributed by atoms with Gasteiger partial charge in [0.15, 0.2) is 11.4 Å². The maximum absolute atomic E-state index is 13.8. The summed E-state index contributed by atoms with van der Waals surface area (Å²) in [6, 6.07) is 5.08. The molecule has 1 aromatic carbocycles. The molecule has 142 valence electrons. The normalized spacial score (nSPS) is 10.8. The van der Waals surface area contributed by atoms with Gasteiger partial charge < -0.3 is 19.3 Å². The van der Waals surface area contributed by atoms with Crippen LogP contribution in [-0.2, 0) is 11.3 Å². The van der Waals surface area contributed by atoms with E-state index in [0.717, 1.165) is 12.1 Å². The number of nitrogens with zero attached hydrogens (tertiary/aromatic N) is 2. The van der Waals surface area contributed by atoms with E-state index in [1.807, 2.05) is 0 Å². The number of rotatable bonds is 5. The summed E-state index contributed by atoms with van der Waals surface area (Å²) in [5, 5.41) is 10.0. The number of fused-ring (bicyclic) bond motifs is 1. The first-order chi connectivity index (χ1) is 12.9. The van der Waals surface area contributed by atoms with Crippen LogP contribution in [0.4, 0.5) is 13.6 Å². The molecule has 0 saturated heterocycles. The van der Waals surface area contributed by atoms with Crippen molar-refractivity contribution in [3.8, 4) is 17.5 Å². The zero-order valence-corrected chi connectivity index (χ0v) is 14.5. The maximum atomic E-state index is 13.8. The van der Waals surface area contributed by atoms with Crippen LogP contribution in [0.5, 0.6) is 17.5 Å². The molecular formula is C18H16F2N2O5. The van der Waals surface area contributed by atoms with E-state index in [0.29, 0.717) is 5.56 Å². The van der Waals surface area contributed by atoms with Crippen molar-refractivity contribution in [2.45, 2.75) is 20.5 Å². The van der Waals surface area contributed by atoms with E-state index in [1.54, 1.807) is 26.1 Å². The Bertz CT molecular complexity index is 983. The van der Waals surface area contributed by atoms with Crippen LogP contribution in [0.15, 0.2) is 30.5 Å². The molecule has 3 aromatic rings. The average molecular weight is 378 g/mol. The van der Waals surface area contributed by atoms with E-state index >= 15 is 0 Å². The zero-order chi connectivity index (χ0) is 19.6. The monoisotopic (exact) mass is 378 g/mol. The number of imidazole rings is 1. The molecule has 0 radical (unpaired) electrons. The highest BCUT2D eigenvalue weighted by molar-refractivity contribution is 5.67. The zero-order valence-electron chi connectivity index (χ0n) is 14.5. The number of aryl methyl sites for hydroxylation is 1. The highest BCUT2D eigenvalue weighted by Crippen LogP contribution is 2.33. The first-order valence-corrected chi connectivity index (χ1v) is 8.02. The van der Waals surface area contributed by atoms with Crippen LogP contribution in [0.25, 0.3) is 5.65 Å². The van der Waals surface area contributed by atoms with Gasteiger partial charge in [0, 0.05) is 6.20 Å². The minimum Gasteiger partial charge on any atom is -0.489 e. The lowest BCUT2D eigenvalue weighted by Crippen LogP contribution is -2.11. The molecule has 0 unspecified atom stereocenters. The van der Waals surface area contributed by atoms with Gasteiger partial charge in [-0.3, -0.25) is 4.40 Å². The van der Waals surface area contributed by atoms with E-state index in [1.165, 1.54) is 10.5 Å². The molecule has 2 heterocycles. The van der Waals surface area contributed by atoms with Gasteiger partial charge in [0.05, 0.1) is 12.2 Å². The topological polar surface area (TPSA) is 82.3 Å². The SMILES string of the molecule is CCOC(=O)Oc1c(O)nc2c(OCc3c(F)cccc3F)cc(C)cn12. The predicted octanol–water partition coefficient (Wildman–Crippen LogP) is 3.74. The molecule has 7 nitrogen and oxygen atoms in total. The Morgan fingerprint density at radius 1 is 1.30 bits per heavy atom. The molecular weight excluding hydrogens is 362 g/mol. The molecule has 0 saturated carbocycles. The summed E-state index contributed by atoms with van der Waals surface area (Å²) in [5.41, 5.74) is 0.530. The molecule has 0 amide bonds. The van der Waals surface area contributed by atoms with Crippen LogP contribution in [0.3, 0.4) is 0 Å². The van der Waals surface area contributed by atoms with Gasteiger partial charge in [0.1, 0.15) is 18.2 Å². The van der Waals surface area contributed by atoms with Crippen LogP contribution < -0.4 is 9.47 Å². The van der Waals surface area contributed by atoms with Crippen molar-refractivity contribution in [3.05, 3.63) is 53.2 Å². The number of halogens is 2. The van der Waals surface area contributed by atoms with Crippen molar-refractivity contribution < 1.29 is 32.9 Å². The average Bonchev–Trinajstić information content (AvgIpc) is 2.90. The Labute approximate surface area is 152 Å². The van der Waals surface area contributed by atoms with E-state index in [4.69, 9.17) is 9.47 Å². The smallest absolute Gasteiger partial charge is 0.489 e. The number of aromatic nitrogens is 2. The van der Waals surface area contributed by atoms with Crippen LogP contribution in [0.2, 0.25) is 0 Å². The second-order valence-electron chi connectivity index (χ2n) is 5.59. The third-order valence-electron chi connectivity index (χ3n) is 3.64. The third kappa shape index (κ3) is 3.76. The lowest BCUT2D eigenvalue weighted by molar-refractivity contribution is 0.101. The minimum absolute atomic E-state index is 0.0952. The number of pyridine rings is 1. The molecule has 0 aliphatic rings. The Morgan fingerprint density at radius 3 is 2.67 bits per heavy atom. The van der Waals surface area contributed by atoms with E-state index in [-0.39, 0.29) is 36.1 Å². The molecule has 9 heteroatoms. The van der Waals surface area contributed by atoms with Crippen molar-refractivity contribution in [3.63, 3.8) is 0 Å². The van der Waals surface area contributed by atoms with Crippen molar-refractivity contribution in [2.75, 3.05) is 6.61 Å². The van der Waals surface area contributed by atoms with Gasteiger partial charge in [0.25, 0.3) is 11.8 Å². The maximum Gasteiger partial charge on any atom is 0.515 e. The molecule has 3 rings (SSSR count). The van der Waals surface area contributed by atoms with Gasteiger partial charge in [-0.15, -0.1) is 0 Å². The highest BCUT2D eigenvalue weighted by Gasteiger charge is 2.21. The van der Waals surface area contributed by atoms with Gasteiger partial charge in [-0.25, -0.2) is 13.6 Å². The summed E-state index contributed by atoms with van der Waals surface area (Å²) in [6.07, 6.45) is 0.541. The van der Waals surface area contributed by atoms with Crippen molar-refractivity contribution in [1.82, 2.24) is 9.38 Å². The lowest BCUT2D eigenvalue weighted by atomic mass is 10.2. The molecule has 0 aliphatic heterocycles. The van der Waals surface area contributed by atoms with Crippen LogP contribution in [0.1, 0.15) is 18.1 Å². The summed E-state index contributed by atoms with van der Waals surface area (Å²) in [4.78, 5) is 15.4. The number of carbonyl (C=O) groups is 1. The molecule has 0 fully saturated rings. The Hall–Kier alpha value is -3.36. The fourth-order valence-electron chi connectivity index (χ4n) is 2.46. The standard InChI is InChI=1S/C18H16F2N2O5/c1-3-25-18(24)27-17-16(23)21-15-14(7-10(2)8-22(15)17)26-9-11-12(19)5-4-6-13(11)20/h4-8,23H,3,9H2,1-2H3. The van der Waals surface area contributed by atoms with Crippen molar-refractivity contribution in [1.29, 1.82) is 0 Å². The summed E-state index contributed by atoms with van der Waals surface area (Å²) in [6.45, 7) is 3.03. The number of hydrogen-bond donors (Lipinski definition) is 1. The van der Waals surface area contributed by atoms with Gasteiger partial charge in [-0.2, -0.15) is 4.98 Å². The van der Waals surface area contributed by atoms with Crippen molar-refractivity contribution in [2.24, 2.45) is 0 Å². The molecule has 0 aliphatic carbocycles. The summed E-state index contributed by atoms with van der Waals surface area (Å²) in [7, 11) is 0. The fourth-order valence-corrected chi connectivity index (χ4v) is 2.46. The summed E-state index contributed by atoms with van der Waals surface area (Å²) < 4.78 is 44.0. The van der Waals surface area contributed by atoms with Crippen LogP contribution in [0, 0.1) is 18.6 Å². The van der Waals surface area contributed by atoms with Crippen LogP contribution in [-0.4, -0.2) is 27.3 Å². The summed E-state index contributed by atoms with van der Waals surface area (Å²) in [5.74, 6) is -2.15. The van der Waals surface area contributed by atoms with Gasteiger partial charge >= 0.3 is 6.16 Å². The quantitative estimate of drug-likeness (QED) is 0.681. The second kappa shape index (κ2) is 7.48. The Kier molecular flexibility index (Phi) is 5.11. The number of aromatic hydroxyl groups is 1. The predicted molar refractivity (Wildman–Crippen MR) is 89.9 cm³/mol. The number of hydrogen-bond acceptors (Lipinski definition) is 6. The summed E-state index contributed by atoms with van der Waals surface area (Å²) >= 11 is 0. The largest absolute Gasteiger partial charge is 0.515 e. The first-order valence-electron chi connectivity index (χ1n) is 8.02. The minimum atomic E-state index is -1.01. The Balaban J connectivity index is 1.95.